The lowest BCUT2D eigenvalue weighted by atomic mass is 9.96. The van der Waals surface area contributed by atoms with Crippen LogP contribution in [-0.4, -0.2) is 11.8 Å². The summed E-state index contributed by atoms with van der Waals surface area (Å²) >= 11 is 2.27. The van der Waals surface area contributed by atoms with Gasteiger partial charge in [0.1, 0.15) is 5.78 Å². The highest BCUT2D eigenvalue weighted by molar-refractivity contribution is 14.1. The van der Waals surface area contributed by atoms with Gasteiger partial charge in [0.15, 0.2) is 0 Å². The maximum absolute atomic E-state index is 12.0. The van der Waals surface area contributed by atoms with Gasteiger partial charge < -0.3 is 5.73 Å². The molecule has 1 aliphatic rings. The fourth-order valence-corrected chi connectivity index (χ4v) is 2.62. The highest BCUT2D eigenvalue weighted by atomic mass is 127. The van der Waals surface area contributed by atoms with Crippen molar-refractivity contribution < 1.29 is 4.79 Å². The maximum Gasteiger partial charge on any atom is 0.140 e. The first-order valence-corrected chi connectivity index (χ1v) is 6.76. The molecule has 0 heterocycles. The highest BCUT2D eigenvalue weighted by Crippen LogP contribution is 2.26. The summed E-state index contributed by atoms with van der Waals surface area (Å²) in [7, 11) is 0. The Labute approximate surface area is 110 Å². The van der Waals surface area contributed by atoms with Crippen molar-refractivity contribution in [2.75, 3.05) is 0 Å². The molecule has 2 rings (SSSR count). The largest absolute Gasteiger partial charge is 0.328 e. The minimum Gasteiger partial charge on any atom is -0.328 e. The molecule has 0 amide bonds. The predicted molar refractivity (Wildman–Crippen MR) is 73.2 cm³/mol. The molecule has 0 saturated heterocycles. The van der Waals surface area contributed by atoms with E-state index in [-0.39, 0.29) is 12.0 Å². The first kappa shape index (κ1) is 12.0. The van der Waals surface area contributed by atoms with Gasteiger partial charge in [0.2, 0.25) is 0 Å². The Hall–Kier alpha value is -0.420. The zero-order valence-corrected chi connectivity index (χ0v) is 11.3. The lowest BCUT2D eigenvalue weighted by Gasteiger charge is -2.08. The van der Waals surface area contributed by atoms with Crippen LogP contribution in [0.3, 0.4) is 0 Å². The van der Waals surface area contributed by atoms with Crippen LogP contribution in [0.5, 0.6) is 0 Å². The molecule has 0 aliphatic heterocycles. The average molecular weight is 329 g/mol. The maximum atomic E-state index is 12.0. The van der Waals surface area contributed by atoms with Crippen molar-refractivity contribution in [3.8, 4) is 0 Å². The fourth-order valence-electron chi connectivity index (χ4n) is 2.26. The normalized spacial score (nSPS) is 24.6. The molecular formula is C13H16INO. The number of nitrogens with two attached hydrogens (primary N) is 1. The van der Waals surface area contributed by atoms with Crippen LogP contribution in [0.1, 0.15) is 24.8 Å². The molecule has 16 heavy (non-hydrogen) atoms. The molecule has 0 bridgehead atoms. The predicted octanol–water partition coefficient (Wildman–Crippen LogP) is 2.53. The second kappa shape index (κ2) is 5.27. The Morgan fingerprint density at radius 2 is 2.00 bits per heavy atom. The van der Waals surface area contributed by atoms with Crippen LogP contribution in [0.25, 0.3) is 0 Å². The van der Waals surface area contributed by atoms with E-state index >= 15 is 0 Å². The van der Waals surface area contributed by atoms with Gasteiger partial charge in [-0.2, -0.15) is 0 Å². The van der Waals surface area contributed by atoms with Crippen LogP contribution < -0.4 is 5.73 Å². The molecule has 1 fully saturated rings. The molecule has 2 nitrogen and oxygen atoms in total. The summed E-state index contributed by atoms with van der Waals surface area (Å²) in [5.74, 6) is 0.559. The summed E-state index contributed by atoms with van der Waals surface area (Å²) in [4.78, 5) is 12.0. The third-order valence-corrected chi connectivity index (χ3v) is 3.94. The van der Waals surface area contributed by atoms with Gasteiger partial charge in [-0.3, -0.25) is 4.79 Å². The molecule has 3 heteroatoms. The molecule has 1 aromatic carbocycles. The lowest BCUT2D eigenvalue weighted by molar-refractivity contribution is -0.122. The van der Waals surface area contributed by atoms with Crippen molar-refractivity contribution in [3.05, 3.63) is 33.4 Å². The van der Waals surface area contributed by atoms with E-state index in [0.717, 1.165) is 24.8 Å². The number of hydrogen-bond donors (Lipinski definition) is 1. The van der Waals surface area contributed by atoms with Crippen LogP contribution in [0, 0.1) is 9.49 Å². The third-order valence-electron chi connectivity index (χ3n) is 3.22. The van der Waals surface area contributed by atoms with Gasteiger partial charge in [-0.25, -0.2) is 0 Å². The van der Waals surface area contributed by atoms with E-state index in [1.54, 1.807) is 0 Å². The Balaban J connectivity index is 1.94. The number of carbonyl (C=O) groups excluding carboxylic acids is 1. The quantitative estimate of drug-likeness (QED) is 0.866. The number of carbonyl (C=O) groups is 1. The van der Waals surface area contributed by atoms with Crippen LogP contribution in [0.2, 0.25) is 0 Å². The van der Waals surface area contributed by atoms with Crippen molar-refractivity contribution in [1.82, 2.24) is 0 Å². The second-order valence-electron chi connectivity index (χ2n) is 4.54. The summed E-state index contributed by atoms with van der Waals surface area (Å²) in [6.45, 7) is 0. The Kier molecular flexibility index (Phi) is 3.97. The van der Waals surface area contributed by atoms with Crippen LogP contribution in [-0.2, 0) is 11.2 Å². The van der Waals surface area contributed by atoms with Crippen LogP contribution in [0.4, 0.5) is 0 Å². The van der Waals surface area contributed by atoms with Gasteiger partial charge in [0.25, 0.3) is 0 Å². The van der Waals surface area contributed by atoms with Gasteiger partial charge in [0, 0.05) is 22.0 Å². The van der Waals surface area contributed by atoms with Crippen molar-refractivity contribution in [2.45, 2.75) is 31.7 Å². The molecule has 2 atom stereocenters. The van der Waals surface area contributed by atoms with E-state index in [2.05, 4.69) is 22.6 Å². The van der Waals surface area contributed by atoms with E-state index in [0.29, 0.717) is 12.2 Å². The summed E-state index contributed by atoms with van der Waals surface area (Å²) < 4.78 is 1.21. The first-order chi connectivity index (χ1) is 7.65. The standard InChI is InChI=1S/C13H16INO/c14-11-4-1-9(2-5-11)7-13(16)10-3-6-12(15)8-10/h1-2,4-5,10,12H,3,6-8,15H2. The molecule has 2 unspecified atom stereocenters. The highest BCUT2D eigenvalue weighted by Gasteiger charge is 2.27. The van der Waals surface area contributed by atoms with Gasteiger partial charge in [-0.15, -0.1) is 0 Å². The minimum atomic E-state index is 0.203. The first-order valence-electron chi connectivity index (χ1n) is 5.68. The van der Waals surface area contributed by atoms with Gasteiger partial charge in [-0.05, 0) is 59.5 Å². The molecule has 2 N–H and O–H groups in total. The molecular weight excluding hydrogens is 313 g/mol. The Bertz CT molecular complexity index is 374. The Morgan fingerprint density at radius 1 is 1.31 bits per heavy atom. The van der Waals surface area contributed by atoms with Gasteiger partial charge >= 0.3 is 0 Å². The van der Waals surface area contributed by atoms with Crippen molar-refractivity contribution in [2.24, 2.45) is 11.7 Å². The summed E-state index contributed by atoms with van der Waals surface area (Å²) in [5.41, 5.74) is 6.94. The van der Waals surface area contributed by atoms with Gasteiger partial charge in [-0.1, -0.05) is 12.1 Å². The van der Waals surface area contributed by atoms with Crippen molar-refractivity contribution in [1.29, 1.82) is 0 Å². The molecule has 0 radical (unpaired) electrons. The third kappa shape index (κ3) is 3.04. The van der Waals surface area contributed by atoms with Gasteiger partial charge in [0.05, 0.1) is 0 Å². The summed E-state index contributed by atoms with van der Waals surface area (Å²) in [6.07, 6.45) is 3.42. The zero-order chi connectivity index (χ0) is 11.5. The zero-order valence-electron chi connectivity index (χ0n) is 9.16. The van der Waals surface area contributed by atoms with E-state index in [9.17, 15) is 4.79 Å². The smallest absolute Gasteiger partial charge is 0.140 e. The van der Waals surface area contributed by atoms with E-state index < -0.39 is 0 Å². The van der Waals surface area contributed by atoms with E-state index in [1.165, 1.54) is 3.57 Å². The monoisotopic (exact) mass is 329 g/mol. The number of ketones is 1. The van der Waals surface area contributed by atoms with Crippen molar-refractivity contribution in [3.63, 3.8) is 0 Å². The molecule has 1 aliphatic carbocycles. The number of rotatable bonds is 3. The number of Topliss-reactive ketones (excluding diaryl/α,β-unsaturated/α-hetero) is 1. The number of halogens is 1. The molecule has 86 valence electrons. The lowest BCUT2D eigenvalue weighted by Crippen LogP contribution is -2.19. The second-order valence-corrected chi connectivity index (χ2v) is 5.79. The fraction of sp³-hybridized carbons (Fsp3) is 0.462. The van der Waals surface area contributed by atoms with Crippen molar-refractivity contribution >= 4 is 28.4 Å². The summed E-state index contributed by atoms with van der Waals surface area (Å²) in [5, 5.41) is 0. The molecule has 0 spiro atoms. The average Bonchev–Trinajstić information content (AvgIpc) is 2.68. The summed E-state index contributed by atoms with van der Waals surface area (Å²) in [6, 6.07) is 8.40. The SMILES string of the molecule is NC1CCC(C(=O)Cc2ccc(I)cc2)C1. The molecule has 1 saturated carbocycles. The topological polar surface area (TPSA) is 43.1 Å². The minimum absolute atomic E-state index is 0.203. The Morgan fingerprint density at radius 3 is 2.56 bits per heavy atom. The van der Waals surface area contributed by atoms with Crippen LogP contribution >= 0.6 is 22.6 Å². The molecule has 0 aromatic heterocycles. The number of benzene rings is 1. The van der Waals surface area contributed by atoms with E-state index in [1.807, 2.05) is 24.3 Å². The molecule has 1 aromatic rings. The van der Waals surface area contributed by atoms with Crippen LogP contribution in [0.15, 0.2) is 24.3 Å². The van der Waals surface area contributed by atoms with E-state index in [4.69, 9.17) is 5.73 Å². The number of hydrogen-bond acceptors (Lipinski definition) is 2.